The molecule has 0 atom stereocenters. The molecule has 0 aliphatic carbocycles. The van der Waals surface area contributed by atoms with Crippen molar-refractivity contribution in [1.29, 1.82) is 0 Å². The van der Waals surface area contributed by atoms with Crippen molar-refractivity contribution in [3.05, 3.63) is 35.4 Å². The summed E-state index contributed by atoms with van der Waals surface area (Å²) in [5, 5.41) is 6.58. The number of benzene rings is 1. The zero-order valence-corrected chi connectivity index (χ0v) is 13.2. The van der Waals surface area contributed by atoms with Gasteiger partial charge in [0.05, 0.1) is 6.54 Å². The van der Waals surface area contributed by atoms with Gasteiger partial charge in [0.2, 0.25) is 0 Å². The molecule has 2 N–H and O–H groups in total. The molecule has 4 heteroatoms. The van der Waals surface area contributed by atoms with Crippen molar-refractivity contribution in [2.75, 3.05) is 27.2 Å². The van der Waals surface area contributed by atoms with E-state index in [2.05, 4.69) is 72.7 Å². The summed E-state index contributed by atoms with van der Waals surface area (Å²) in [6.07, 6.45) is 1.10. The van der Waals surface area contributed by atoms with Crippen LogP contribution in [0.1, 0.15) is 31.4 Å². The molecule has 0 saturated heterocycles. The third-order valence-electron chi connectivity index (χ3n) is 2.80. The van der Waals surface area contributed by atoms with Crippen molar-refractivity contribution in [2.45, 2.75) is 33.4 Å². The van der Waals surface area contributed by atoms with Gasteiger partial charge < -0.3 is 15.5 Å². The molecule has 0 fully saturated rings. The fraction of sp³-hybridized carbons (Fsp3) is 0.562. The molecule has 4 nitrogen and oxygen atoms in total. The Morgan fingerprint density at radius 1 is 1.15 bits per heavy atom. The lowest BCUT2D eigenvalue weighted by Gasteiger charge is -2.12. The molecule has 0 aromatic heterocycles. The first kappa shape index (κ1) is 16.5. The van der Waals surface area contributed by atoms with E-state index in [1.54, 1.807) is 0 Å². The second-order valence-electron chi connectivity index (χ2n) is 5.18. The van der Waals surface area contributed by atoms with Gasteiger partial charge in [-0.3, -0.25) is 0 Å². The lowest BCUT2D eigenvalue weighted by Crippen LogP contribution is -2.37. The predicted octanol–water partition coefficient (Wildman–Crippen LogP) is 2.21. The highest BCUT2D eigenvalue weighted by atomic mass is 15.2. The maximum Gasteiger partial charge on any atom is 0.191 e. The molecule has 0 saturated carbocycles. The van der Waals surface area contributed by atoms with Crippen molar-refractivity contribution >= 4 is 5.96 Å². The zero-order chi connectivity index (χ0) is 14.8. The minimum atomic E-state index is 0.709. The summed E-state index contributed by atoms with van der Waals surface area (Å²) in [7, 11) is 4.17. The molecular formula is C16H28N4. The van der Waals surface area contributed by atoms with Gasteiger partial charge >= 0.3 is 0 Å². The van der Waals surface area contributed by atoms with Crippen molar-refractivity contribution in [3.63, 3.8) is 0 Å². The van der Waals surface area contributed by atoms with Gasteiger partial charge in [-0.25, -0.2) is 4.99 Å². The van der Waals surface area contributed by atoms with Gasteiger partial charge in [-0.1, -0.05) is 31.2 Å². The van der Waals surface area contributed by atoms with Gasteiger partial charge in [-0.2, -0.15) is 0 Å². The van der Waals surface area contributed by atoms with E-state index < -0.39 is 0 Å². The molecule has 20 heavy (non-hydrogen) atoms. The average Bonchev–Trinajstić information content (AvgIpc) is 2.41. The van der Waals surface area contributed by atoms with Crippen molar-refractivity contribution in [1.82, 2.24) is 15.5 Å². The molecule has 0 unspecified atom stereocenters. The number of guanidine groups is 1. The van der Waals surface area contributed by atoms with Crippen LogP contribution >= 0.6 is 0 Å². The summed E-state index contributed by atoms with van der Waals surface area (Å²) in [6.45, 7) is 7.75. The van der Waals surface area contributed by atoms with Crippen LogP contribution in [-0.4, -0.2) is 38.0 Å². The largest absolute Gasteiger partial charge is 0.357 e. The highest BCUT2D eigenvalue weighted by molar-refractivity contribution is 5.79. The van der Waals surface area contributed by atoms with E-state index in [9.17, 15) is 0 Å². The molecular weight excluding hydrogens is 248 g/mol. The van der Waals surface area contributed by atoms with Crippen LogP contribution in [0.4, 0.5) is 0 Å². The standard InChI is InChI=1S/C16H28N4/c1-5-10-18-16(17-6-2)19-12-14-8-7-9-15(11-14)13-20(3)4/h7-9,11H,5-6,10,12-13H2,1-4H3,(H2,17,18,19). The Morgan fingerprint density at radius 3 is 2.55 bits per heavy atom. The van der Waals surface area contributed by atoms with Gasteiger partial charge in [0, 0.05) is 19.6 Å². The van der Waals surface area contributed by atoms with Gasteiger partial charge in [0.25, 0.3) is 0 Å². The van der Waals surface area contributed by atoms with Crippen LogP contribution in [0.5, 0.6) is 0 Å². The molecule has 1 aromatic rings. The molecule has 0 spiro atoms. The molecule has 0 bridgehead atoms. The fourth-order valence-electron chi connectivity index (χ4n) is 1.95. The lowest BCUT2D eigenvalue weighted by molar-refractivity contribution is 0.402. The number of rotatable bonds is 7. The first-order chi connectivity index (χ1) is 9.65. The summed E-state index contributed by atoms with van der Waals surface area (Å²) >= 11 is 0. The maximum absolute atomic E-state index is 4.62. The van der Waals surface area contributed by atoms with Crippen molar-refractivity contribution in [3.8, 4) is 0 Å². The van der Waals surface area contributed by atoms with Crippen molar-refractivity contribution < 1.29 is 0 Å². The van der Waals surface area contributed by atoms with Crippen LogP contribution in [0.2, 0.25) is 0 Å². The topological polar surface area (TPSA) is 39.7 Å². The molecule has 0 radical (unpaired) electrons. The highest BCUT2D eigenvalue weighted by Gasteiger charge is 1.99. The smallest absolute Gasteiger partial charge is 0.191 e. The fourth-order valence-corrected chi connectivity index (χ4v) is 1.95. The number of hydrogen-bond acceptors (Lipinski definition) is 2. The Hall–Kier alpha value is -1.55. The minimum absolute atomic E-state index is 0.709. The molecule has 112 valence electrons. The molecule has 1 aromatic carbocycles. The van der Waals surface area contributed by atoms with E-state index >= 15 is 0 Å². The molecule has 0 amide bonds. The van der Waals surface area contributed by atoms with E-state index in [4.69, 9.17) is 0 Å². The first-order valence-corrected chi connectivity index (χ1v) is 7.40. The second-order valence-corrected chi connectivity index (χ2v) is 5.18. The summed E-state index contributed by atoms with van der Waals surface area (Å²) in [5.41, 5.74) is 2.58. The highest BCUT2D eigenvalue weighted by Crippen LogP contribution is 2.08. The van der Waals surface area contributed by atoms with E-state index in [1.807, 2.05) is 0 Å². The Labute approximate surface area is 123 Å². The molecule has 0 aliphatic heterocycles. The van der Waals surface area contributed by atoms with E-state index in [0.29, 0.717) is 6.54 Å². The van der Waals surface area contributed by atoms with Crippen LogP contribution in [0.15, 0.2) is 29.3 Å². The van der Waals surface area contributed by atoms with Crippen LogP contribution in [0.3, 0.4) is 0 Å². The van der Waals surface area contributed by atoms with Crippen LogP contribution in [0, 0.1) is 0 Å². The van der Waals surface area contributed by atoms with Gasteiger partial charge in [0.1, 0.15) is 0 Å². The van der Waals surface area contributed by atoms with Crippen LogP contribution in [0.25, 0.3) is 0 Å². The number of aliphatic imine (C=N–C) groups is 1. The van der Waals surface area contributed by atoms with E-state index in [0.717, 1.165) is 32.0 Å². The third-order valence-corrected chi connectivity index (χ3v) is 2.80. The van der Waals surface area contributed by atoms with Gasteiger partial charge in [-0.05, 0) is 38.6 Å². The summed E-state index contributed by atoms with van der Waals surface area (Å²) in [4.78, 5) is 6.80. The quantitative estimate of drug-likeness (QED) is 0.592. The second kappa shape index (κ2) is 9.37. The molecule has 0 aliphatic rings. The summed E-state index contributed by atoms with van der Waals surface area (Å²) in [5.74, 6) is 0.896. The normalized spacial score (nSPS) is 11.8. The monoisotopic (exact) mass is 276 g/mol. The SMILES string of the molecule is CCCNC(=NCc1cccc(CN(C)C)c1)NCC. The zero-order valence-electron chi connectivity index (χ0n) is 13.2. The van der Waals surface area contributed by atoms with Gasteiger partial charge in [0.15, 0.2) is 5.96 Å². The van der Waals surface area contributed by atoms with Crippen LogP contribution in [-0.2, 0) is 13.1 Å². The first-order valence-electron chi connectivity index (χ1n) is 7.40. The Morgan fingerprint density at radius 2 is 1.90 bits per heavy atom. The Kier molecular flexibility index (Phi) is 7.73. The van der Waals surface area contributed by atoms with E-state index in [-0.39, 0.29) is 0 Å². The average molecular weight is 276 g/mol. The maximum atomic E-state index is 4.62. The molecule has 1 rings (SSSR count). The molecule has 0 heterocycles. The minimum Gasteiger partial charge on any atom is -0.357 e. The summed E-state index contributed by atoms with van der Waals surface area (Å²) in [6, 6.07) is 8.63. The summed E-state index contributed by atoms with van der Waals surface area (Å²) < 4.78 is 0. The predicted molar refractivity (Wildman–Crippen MR) is 86.9 cm³/mol. The number of hydrogen-bond donors (Lipinski definition) is 2. The Bertz CT molecular complexity index is 413. The third kappa shape index (κ3) is 6.57. The number of nitrogens with zero attached hydrogens (tertiary/aromatic N) is 2. The number of nitrogens with one attached hydrogen (secondary N) is 2. The lowest BCUT2D eigenvalue weighted by atomic mass is 10.1. The van der Waals surface area contributed by atoms with Gasteiger partial charge in [-0.15, -0.1) is 0 Å². The van der Waals surface area contributed by atoms with Crippen LogP contribution < -0.4 is 10.6 Å². The van der Waals surface area contributed by atoms with Crippen molar-refractivity contribution in [2.24, 2.45) is 4.99 Å². The Balaban J connectivity index is 2.65. The van der Waals surface area contributed by atoms with E-state index in [1.165, 1.54) is 11.1 Å².